The number of carbonyl (C=O) groups excluding carboxylic acids is 1. The lowest BCUT2D eigenvalue weighted by molar-refractivity contribution is -0.118. The average molecular weight is 389 g/mol. The zero-order chi connectivity index (χ0) is 19.9. The number of ether oxygens (including phenoxy) is 1. The van der Waals surface area contributed by atoms with Crippen molar-refractivity contribution >= 4 is 17.7 Å². The summed E-state index contributed by atoms with van der Waals surface area (Å²) in [6.07, 6.45) is 1.80. The van der Waals surface area contributed by atoms with Crippen LogP contribution in [-0.2, 0) is 21.5 Å². The minimum Gasteiger partial charge on any atom is -0.383 e. The molecule has 146 valence electrons. The van der Waals surface area contributed by atoms with E-state index < -0.39 is 0 Å². The first-order valence-electron chi connectivity index (χ1n) is 8.90. The lowest BCUT2D eigenvalue weighted by Crippen LogP contribution is -2.28. The lowest BCUT2D eigenvalue weighted by Gasteiger charge is -2.19. The summed E-state index contributed by atoms with van der Waals surface area (Å²) in [6, 6.07) is 8.38. The maximum Gasteiger partial charge on any atom is 0.230 e. The SMILES string of the molecule is C=CCn1c(SCC(=O)NCCOC)nnc1-c1ccc(C(C)(C)C)cc1. The minimum absolute atomic E-state index is 0.0544. The second-order valence-corrected chi connectivity index (χ2v) is 8.11. The van der Waals surface area contributed by atoms with Crippen LogP contribution in [-0.4, -0.2) is 46.7 Å². The number of carbonyl (C=O) groups is 1. The third kappa shape index (κ3) is 5.94. The van der Waals surface area contributed by atoms with E-state index in [1.165, 1.54) is 17.3 Å². The number of aromatic nitrogens is 3. The van der Waals surface area contributed by atoms with Crippen LogP contribution >= 0.6 is 11.8 Å². The molecule has 0 atom stereocenters. The molecule has 0 saturated carbocycles. The molecule has 0 aliphatic heterocycles. The van der Waals surface area contributed by atoms with Gasteiger partial charge in [0.15, 0.2) is 11.0 Å². The van der Waals surface area contributed by atoms with Gasteiger partial charge in [-0.2, -0.15) is 0 Å². The number of thioether (sulfide) groups is 1. The van der Waals surface area contributed by atoms with Crippen molar-refractivity contribution in [3.05, 3.63) is 42.5 Å². The van der Waals surface area contributed by atoms with Gasteiger partial charge in [0.1, 0.15) is 0 Å². The maximum atomic E-state index is 11.9. The van der Waals surface area contributed by atoms with E-state index in [4.69, 9.17) is 4.74 Å². The lowest BCUT2D eigenvalue weighted by atomic mass is 9.87. The fourth-order valence-electron chi connectivity index (χ4n) is 2.50. The van der Waals surface area contributed by atoms with Gasteiger partial charge in [-0.25, -0.2) is 0 Å². The molecule has 1 aromatic heterocycles. The van der Waals surface area contributed by atoms with Crippen LogP contribution in [0.5, 0.6) is 0 Å². The van der Waals surface area contributed by atoms with Gasteiger partial charge in [-0.3, -0.25) is 9.36 Å². The van der Waals surface area contributed by atoms with Gasteiger partial charge >= 0.3 is 0 Å². The summed E-state index contributed by atoms with van der Waals surface area (Å²) in [6.45, 7) is 12.0. The van der Waals surface area contributed by atoms with E-state index in [2.05, 4.69) is 67.1 Å². The topological polar surface area (TPSA) is 69.0 Å². The molecule has 1 amide bonds. The zero-order valence-electron chi connectivity index (χ0n) is 16.5. The second kappa shape index (κ2) is 9.71. The molecule has 2 rings (SSSR count). The smallest absolute Gasteiger partial charge is 0.230 e. The predicted molar refractivity (Wildman–Crippen MR) is 110 cm³/mol. The van der Waals surface area contributed by atoms with Gasteiger partial charge < -0.3 is 10.1 Å². The van der Waals surface area contributed by atoms with Gasteiger partial charge in [0.2, 0.25) is 5.91 Å². The van der Waals surface area contributed by atoms with Crippen molar-refractivity contribution in [2.45, 2.75) is 37.9 Å². The summed E-state index contributed by atoms with van der Waals surface area (Å²) in [7, 11) is 1.61. The highest BCUT2D eigenvalue weighted by Crippen LogP contribution is 2.27. The van der Waals surface area contributed by atoms with Crippen molar-refractivity contribution in [3.63, 3.8) is 0 Å². The molecule has 27 heavy (non-hydrogen) atoms. The Kier molecular flexibility index (Phi) is 7.62. The first-order valence-corrected chi connectivity index (χ1v) is 9.89. The van der Waals surface area contributed by atoms with Gasteiger partial charge in [0.05, 0.1) is 12.4 Å². The number of amides is 1. The van der Waals surface area contributed by atoms with E-state index in [1.807, 2.05) is 4.57 Å². The Morgan fingerprint density at radius 2 is 2.00 bits per heavy atom. The monoisotopic (exact) mass is 388 g/mol. The van der Waals surface area contributed by atoms with Crippen molar-refractivity contribution in [3.8, 4) is 11.4 Å². The Morgan fingerprint density at radius 3 is 2.59 bits per heavy atom. The van der Waals surface area contributed by atoms with Crippen molar-refractivity contribution in [2.75, 3.05) is 26.0 Å². The molecule has 0 aliphatic carbocycles. The molecule has 0 aliphatic rings. The summed E-state index contributed by atoms with van der Waals surface area (Å²) in [4.78, 5) is 11.9. The Bertz CT molecular complexity index is 763. The standard InChI is InChI=1S/C20H28N4O2S/c1-6-12-24-18(15-7-9-16(10-8-15)20(2,3)4)22-23-19(24)27-14-17(25)21-11-13-26-5/h6-10H,1,11-14H2,2-5H3,(H,21,25). The molecule has 0 radical (unpaired) electrons. The third-order valence-corrected chi connectivity index (χ3v) is 4.97. The fourth-order valence-corrected chi connectivity index (χ4v) is 3.27. The van der Waals surface area contributed by atoms with Gasteiger partial charge in [0.25, 0.3) is 0 Å². The van der Waals surface area contributed by atoms with Crippen LogP contribution in [0, 0.1) is 0 Å². The predicted octanol–water partition coefficient (Wildman–Crippen LogP) is 3.28. The van der Waals surface area contributed by atoms with E-state index in [9.17, 15) is 4.79 Å². The molecular weight excluding hydrogens is 360 g/mol. The van der Waals surface area contributed by atoms with Crippen molar-refractivity contribution < 1.29 is 9.53 Å². The fraction of sp³-hybridized carbons (Fsp3) is 0.450. The zero-order valence-corrected chi connectivity index (χ0v) is 17.3. The summed E-state index contributed by atoms with van der Waals surface area (Å²) in [5.74, 6) is 1.00. The van der Waals surface area contributed by atoms with Crippen LogP contribution in [0.25, 0.3) is 11.4 Å². The highest BCUT2D eigenvalue weighted by atomic mass is 32.2. The van der Waals surface area contributed by atoms with Crippen molar-refractivity contribution in [2.24, 2.45) is 0 Å². The maximum absolute atomic E-state index is 11.9. The van der Waals surface area contributed by atoms with E-state index in [0.717, 1.165) is 11.4 Å². The Balaban J connectivity index is 2.14. The van der Waals surface area contributed by atoms with Gasteiger partial charge in [-0.05, 0) is 11.0 Å². The van der Waals surface area contributed by atoms with Crippen LogP contribution in [0.3, 0.4) is 0 Å². The molecule has 6 nitrogen and oxygen atoms in total. The minimum atomic E-state index is -0.0544. The van der Waals surface area contributed by atoms with E-state index in [1.54, 1.807) is 13.2 Å². The molecule has 0 fully saturated rings. The Morgan fingerprint density at radius 1 is 1.30 bits per heavy atom. The van der Waals surface area contributed by atoms with Gasteiger partial charge in [-0.1, -0.05) is 62.9 Å². The number of benzene rings is 1. The average Bonchev–Trinajstić information content (AvgIpc) is 3.03. The number of allylic oxidation sites excluding steroid dienone is 1. The van der Waals surface area contributed by atoms with E-state index in [-0.39, 0.29) is 17.1 Å². The van der Waals surface area contributed by atoms with Crippen LogP contribution in [0.1, 0.15) is 26.3 Å². The molecule has 0 saturated heterocycles. The number of methoxy groups -OCH3 is 1. The van der Waals surface area contributed by atoms with Crippen LogP contribution in [0.15, 0.2) is 42.1 Å². The molecule has 2 aromatic rings. The number of rotatable bonds is 9. The number of nitrogens with one attached hydrogen (secondary N) is 1. The quantitative estimate of drug-likeness (QED) is 0.406. The van der Waals surface area contributed by atoms with Crippen LogP contribution < -0.4 is 5.32 Å². The molecule has 0 bridgehead atoms. The second-order valence-electron chi connectivity index (χ2n) is 7.16. The Labute approximate surface area is 165 Å². The summed E-state index contributed by atoms with van der Waals surface area (Å²) in [5, 5.41) is 12.1. The van der Waals surface area contributed by atoms with Crippen LogP contribution in [0.4, 0.5) is 0 Å². The summed E-state index contributed by atoms with van der Waals surface area (Å²) < 4.78 is 6.91. The molecule has 1 N–H and O–H groups in total. The highest BCUT2D eigenvalue weighted by molar-refractivity contribution is 7.99. The van der Waals surface area contributed by atoms with Gasteiger partial charge in [-0.15, -0.1) is 16.8 Å². The first-order chi connectivity index (χ1) is 12.9. The molecule has 0 spiro atoms. The number of hydrogen-bond acceptors (Lipinski definition) is 5. The number of hydrogen-bond donors (Lipinski definition) is 1. The molecule has 7 heteroatoms. The largest absolute Gasteiger partial charge is 0.383 e. The molecule has 1 heterocycles. The highest BCUT2D eigenvalue weighted by Gasteiger charge is 2.17. The van der Waals surface area contributed by atoms with Crippen molar-refractivity contribution in [1.82, 2.24) is 20.1 Å². The normalized spacial score (nSPS) is 11.4. The summed E-state index contributed by atoms with van der Waals surface area (Å²) in [5.41, 5.74) is 2.36. The first kappa shape index (κ1) is 21.2. The molecule has 0 unspecified atom stereocenters. The van der Waals surface area contributed by atoms with Crippen LogP contribution in [0.2, 0.25) is 0 Å². The van der Waals surface area contributed by atoms with Crippen molar-refractivity contribution in [1.29, 1.82) is 0 Å². The summed E-state index contributed by atoms with van der Waals surface area (Å²) >= 11 is 1.36. The number of nitrogens with zero attached hydrogens (tertiary/aromatic N) is 3. The molecule has 1 aromatic carbocycles. The Hall–Kier alpha value is -2.12. The van der Waals surface area contributed by atoms with Gasteiger partial charge in [0, 0.05) is 25.8 Å². The van der Waals surface area contributed by atoms with E-state index in [0.29, 0.717) is 24.9 Å². The molecular formula is C20H28N4O2S. The third-order valence-electron chi connectivity index (χ3n) is 4.00. The van der Waals surface area contributed by atoms with E-state index >= 15 is 0 Å².